The summed E-state index contributed by atoms with van der Waals surface area (Å²) < 4.78 is 4.16. The Morgan fingerprint density at radius 2 is 1.93 bits per heavy atom. The van der Waals surface area contributed by atoms with Crippen molar-refractivity contribution in [1.82, 2.24) is 0 Å². The molecule has 2 N–H and O–H groups in total. The maximum atomic E-state index is 10.7. The SMILES string of the molecule is CC.COC(=O)C(=O)CC[C@H](N)C=O. The summed E-state index contributed by atoms with van der Waals surface area (Å²) in [6.07, 6.45) is 0.661. The van der Waals surface area contributed by atoms with E-state index in [0.717, 1.165) is 7.11 Å². The van der Waals surface area contributed by atoms with Crippen LogP contribution in [0, 0.1) is 0 Å². The zero-order chi connectivity index (χ0) is 11.6. The van der Waals surface area contributed by atoms with Crippen LogP contribution in [0.4, 0.5) is 0 Å². The molecule has 0 fully saturated rings. The van der Waals surface area contributed by atoms with Crippen molar-refractivity contribution < 1.29 is 19.1 Å². The molecule has 0 rings (SSSR count). The molecule has 0 aromatic rings. The first-order valence-electron chi connectivity index (χ1n) is 4.43. The van der Waals surface area contributed by atoms with Gasteiger partial charge in [-0.1, -0.05) is 13.8 Å². The average molecular weight is 203 g/mol. The molecule has 82 valence electrons. The Balaban J connectivity index is 0. The molecular formula is C9H17NO4. The molecule has 0 aliphatic heterocycles. The van der Waals surface area contributed by atoms with E-state index in [0.29, 0.717) is 6.29 Å². The van der Waals surface area contributed by atoms with E-state index in [9.17, 15) is 14.4 Å². The smallest absolute Gasteiger partial charge is 0.374 e. The van der Waals surface area contributed by atoms with Crippen LogP contribution in [-0.2, 0) is 19.1 Å². The lowest BCUT2D eigenvalue weighted by molar-refractivity contribution is -0.151. The van der Waals surface area contributed by atoms with Crippen LogP contribution in [0.5, 0.6) is 0 Å². The molecule has 0 radical (unpaired) electrons. The molecule has 0 amide bonds. The summed E-state index contributed by atoms with van der Waals surface area (Å²) in [5, 5.41) is 0. The van der Waals surface area contributed by atoms with E-state index >= 15 is 0 Å². The predicted octanol–water partition coefficient (Wildman–Crippen LogP) is 0.0611. The number of carbonyl (C=O) groups excluding carboxylic acids is 3. The van der Waals surface area contributed by atoms with E-state index in [1.165, 1.54) is 0 Å². The molecule has 5 nitrogen and oxygen atoms in total. The van der Waals surface area contributed by atoms with Gasteiger partial charge in [-0.2, -0.15) is 0 Å². The van der Waals surface area contributed by atoms with Gasteiger partial charge in [0.05, 0.1) is 13.2 Å². The van der Waals surface area contributed by atoms with Gasteiger partial charge in [0.1, 0.15) is 6.29 Å². The summed E-state index contributed by atoms with van der Waals surface area (Å²) in [4.78, 5) is 31.3. The van der Waals surface area contributed by atoms with Gasteiger partial charge in [0.25, 0.3) is 0 Å². The average Bonchev–Trinajstić information content (AvgIpc) is 2.26. The molecule has 0 aromatic heterocycles. The molecule has 0 bridgehead atoms. The summed E-state index contributed by atoms with van der Waals surface area (Å²) in [5.41, 5.74) is 5.19. The maximum Gasteiger partial charge on any atom is 0.374 e. The molecule has 0 aromatic carbocycles. The zero-order valence-corrected chi connectivity index (χ0v) is 8.78. The lowest BCUT2D eigenvalue weighted by atomic mass is 10.1. The van der Waals surface area contributed by atoms with Crippen molar-refractivity contribution in [1.29, 1.82) is 0 Å². The van der Waals surface area contributed by atoms with Crippen LogP contribution in [-0.4, -0.2) is 31.2 Å². The van der Waals surface area contributed by atoms with Crippen LogP contribution in [0.2, 0.25) is 0 Å². The Morgan fingerprint density at radius 1 is 1.43 bits per heavy atom. The fourth-order valence-corrected chi connectivity index (χ4v) is 0.582. The van der Waals surface area contributed by atoms with Crippen LogP contribution in [0.15, 0.2) is 0 Å². The van der Waals surface area contributed by atoms with Crippen molar-refractivity contribution in [2.24, 2.45) is 5.73 Å². The van der Waals surface area contributed by atoms with Gasteiger partial charge in [-0.05, 0) is 6.42 Å². The standard InChI is InChI=1S/C7H11NO4.C2H6/c1-12-7(11)6(10)3-2-5(8)4-9;1-2/h4-5H,2-3,8H2,1H3;1-2H3/t5-;/m0./s1. The number of nitrogens with two attached hydrogens (primary N) is 1. The third-order valence-corrected chi connectivity index (χ3v) is 1.29. The third-order valence-electron chi connectivity index (χ3n) is 1.29. The largest absolute Gasteiger partial charge is 0.463 e. The Kier molecular flexibility index (Phi) is 10.7. The van der Waals surface area contributed by atoms with E-state index in [1.807, 2.05) is 13.8 Å². The number of hydrogen-bond acceptors (Lipinski definition) is 5. The Hall–Kier alpha value is -1.23. The lowest BCUT2D eigenvalue weighted by Crippen LogP contribution is -2.24. The highest BCUT2D eigenvalue weighted by atomic mass is 16.5. The molecule has 0 heterocycles. The summed E-state index contributed by atoms with van der Waals surface area (Å²) in [5.74, 6) is -1.55. The molecule has 0 saturated carbocycles. The van der Waals surface area contributed by atoms with E-state index in [1.54, 1.807) is 0 Å². The van der Waals surface area contributed by atoms with E-state index in [4.69, 9.17) is 5.73 Å². The van der Waals surface area contributed by atoms with Gasteiger partial charge in [0.15, 0.2) is 0 Å². The summed E-state index contributed by atoms with van der Waals surface area (Å²) in [6.45, 7) is 4.00. The topological polar surface area (TPSA) is 86.5 Å². The number of esters is 1. The highest BCUT2D eigenvalue weighted by Gasteiger charge is 2.14. The molecule has 14 heavy (non-hydrogen) atoms. The van der Waals surface area contributed by atoms with Crippen molar-refractivity contribution >= 4 is 18.0 Å². The van der Waals surface area contributed by atoms with Gasteiger partial charge in [0.2, 0.25) is 5.78 Å². The highest BCUT2D eigenvalue weighted by molar-refractivity contribution is 6.33. The Labute approximate surface area is 83.6 Å². The molecule has 1 atom stereocenters. The monoisotopic (exact) mass is 203 g/mol. The number of methoxy groups -OCH3 is 1. The first-order valence-corrected chi connectivity index (χ1v) is 4.43. The maximum absolute atomic E-state index is 10.7. The number of ketones is 1. The van der Waals surface area contributed by atoms with Crippen molar-refractivity contribution in [2.45, 2.75) is 32.7 Å². The van der Waals surface area contributed by atoms with Gasteiger partial charge in [-0.3, -0.25) is 4.79 Å². The Bertz CT molecular complexity index is 191. The van der Waals surface area contributed by atoms with E-state index in [2.05, 4.69) is 4.74 Å². The number of hydrogen-bond donors (Lipinski definition) is 1. The number of aldehydes is 1. The number of carbonyl (C=O) groups is 3. The fraction of sp³-hybridized carbons (Fsp3) is 0.667. The number of Topliss-reactive ketones (excluding diaryl/α,β-unsaturated/α-hetero) is 1. The molecule has 0 unspecified atom stereocenters. The van der Waals surface area contributed by atoms with Crippen molar-refractivity contribution in [3.63, 3.8) is 0 Å². The minimum Gasteiger partial charge on any atom is -0.463 e. The van der Waals surface area contributed by atoms with E-state index < -0.39 is 17.8 Å². The van der Waals surface area contributed by atoms with Gasteiger partial charge in [0, 0.05) is 6.42 Å². The van der Waals surface area contributed by atoms with Crippen molar-refractivity contribution in [3.05, 3.63) is 0 Å². The molecular weight excluding hydrogens is 186 g/mol. The lowest BCUT2D eigenvalue weighted by Gasteiger charge is -2.00. The fourth-order valence-electron chi connectivity index (χ4n) is 0.582. The van der Waals surface area contributed by atoms with Crippen LogP contribution >= 0.6 is 0 Å². The quantitative estimate of drug-likeness (QED) is 0.388. The van der Waals surface area contributed by atoms with Crippen molar-refractivity contribution in [3.8, 4) is 0 Å². The number of ether oxygens (including phenoxy) is 1. The third kappa shape index (κ3) is 7.42. The van der Waals surface area contributed by atoms with Crippen LogP contribution < -0.4 is 5.73 Å². The second-order valence-corrected chi connectivity index (χ2v) is 2.25. The second-order valence-electron chi connectivity index (χ2n) is 2.25. The first kappa shape index (κ1) is 15.3. The highest BCUT2D eigenvalue weighted by Crippen LogP contribution is 1.94. The minimum atomic E-state index is -0.895. The Morgan fingerprint density at radius 3 is 2.29 bits per heavy atom. The van der Waals surface area contributed by atoms with Gasteiger partial charge in [-0.25, -0.2) is 4.79 Å². The zero-order valence-electron chi connectivity index (χ0n) is 8.78. The molecule has 0 spiro atoms. The molecule has 0 aliphatic rings. The van der Waals surface area contributed by atoms with Crippen LogP contribution in [0.3, 0.4) is 0 Å². The summed E-state index contributed by atoms with van der Waals surface area (Å²) >= 11 is 0. The molecule has 0 saturated heterocycles. The minimum absolute atomic E-state index is 0.0490. The van der Waals surface area contributed by atoms with E-state index in [-0.39, 0.29) is 12.8 Å². The predicted molar refractivity (Wildman–Crippen MR) is 51.6 cm³/mol. The number of rotatable bonds is 5. The summed E-state index contributed by atoms with van der Waals surface area (Å²) in [6, 6.07) is -0.682. The van der Waals surface area contributed by atoms with Gasteiger partial charge < -0.3 is 15.3 Å². The van der Waals surface area contributed by atoms with Gasteiger partial charge >= 0.3 is 5.97 Å². The van der Waals surface area contributed by atoms with Crippen LogP contribution in [0.25, 0.3) is 0 Å². The first-order chi connectivity index (χ1) is 6.61. The molecule has 0 aliphatic carbocycles. The second kappa shape index (κ2) is 9.85. The van der Waals surface area contributed by atoms with Crippen LogP contribution in [0.1, 0.15) is 26.7 Å². The molecule has 5 heteroatoms. The normalized spacial score (nSPS) is 10.6. The summed E-state index contributed by atoms with van der Waals surface area (Å²) in [7, 11) is 1.12. The van der Waals surface area contributed by atoms with Gasteiger partial charge in [-0.15, -0.1) is 0 Å². The van der Waals surface area contributed by atoms with Crippen molar-refractivity contribution in [2.75, 3.05) is 7.11 Å².